The smallest absolute Gasteiger partial charge is 0.313 e. The third kappa shape index (κ3) is 3.81. The summed E-state index contributed by atoms with van der Waals surface area (Å²) in [6, 6.07) is 2.05. The number of carbonyl (C=O) groups is 1. The highest BCUT2D eigenvalue weighted by Gasteiger charge is 2.44. The number of carbonyl (C=O) groups excluding carboxylic acids is 1. The van der Waals surface area contributed by atoms with Crippen molar-refractivity contribution in [2.75, 3.05) is 39.8 Å². The second kappa shape index (κ2) is 7.66. The molecule has 3 heterocycles. The predicted molar refractivity (Wildman–Crippen MR) is 90.8 cm³/mol. The third-order valence-electron chi connectivity index (χ3n) is 5.28. The van der Waals surface area contributed by atoms with Crippen molar-refractivity contribution < 1.29 is 14.1 Å². The van der Waals surface area contributed by atoms with Crippen LogP contribution in [0.2, 0.25) is 0 Å². The molecule has 2 aliphatic rings. The van der Waals surface area contributed by atoms with Crippen molar-refractivity contribution in [3.05, 3.63) is 17.5 Å². The van der Waals surface area contributed by atoms with Gasteiger partial charge in [0, 0.05) is 31.5 Å². The number of hydrogen-bond donors (Lipinski definition) is 1. The molecule has 2 aliphatic heterocycles. The second-order valence-electron chi connectivity index (χ2n) is 7.28. The third-order valence-corrected chi connectivity index (χ3v) is 5.28. The van der Waals surface area contributed by atoms with Crippen molar-refractivity contribution in [1.82, 2.24) is 15.4 Å². The van der Waals surface area contributed by atoms with Crippen molar-refractivity contribution in [2.24, 2.45) is 5.41 Å². The molecule has 0 spiro atoms. The van der Waals surface area contributed by atoms with Crippen LogP contribution in [0.5, 0.6) is 0 Å². The van der Waals surface area contributed by atoms with E-state index in [2.05, 4.69) is 22.4 Å². The zero-order valence-corrected chi connectivity index (χ0v) is 14.8. The number of piperidine rings is 2. The summed E-state index contributed by atoms with van der Waals surface area (Å²) in [7, 11) is 2.06. The molecule has 6 heteroatoms. The van der Waals surface area contributed by atoms with Gasteiger partial charge < -0.3 is 19.5 Å². The van der Waals surface area contributed by atoms with Crippen LogP contribution in [-0.2, 0) is 16.0 Å². The van der Waals surface area contributed by atoms with Gasteiger partial charge >= 0.3 is 5.97 Å². The number of esters is 1. The Balaban J connectivity index is 1.75. The molecular formula is C18H29N3O3. The molecule has 1 aromatic heterocycles. The Bertz CT molecular complexity index is 553. The highest BCUT2D eigenvalue weighted by Crippen LogP contribution is 2.35. The normalized spacial score (nSPS) is 28.7. The van der Waals surface area contributed by atoms with Gasteiger partial charge in [0.25, 0.3) is 0 Å². The summed E-state index contributed by atoms with van der Waals surface area (Å²) in [6.07, 6.45) is 4.73. The molecular weight excluding hydrogens is 306 g/mol. The monoisotopic (exact) mass is 335 g/mol. The molecule has 2 saturated heterocycles. The molecule has 1 N–H and O–H groups in total. The number of nitrogens with zero attached hydrogens (tertiary/aromatic N) is 2. The molecule has 0 aromatic carbocycles. The largest absolute Gasteiger partial charge is 0.466 e. The molecule has 0 radical (unpaired) electrons. The standard InChI is InChI=1S/C18H29N3O3/c1-3-23-17(22)18(7-5-9-21(2)13-18)11-15-10-16(20-24-15)14-6-4-8-19-12-14/h10,14,19H,3-9,11-13H2,1-2H3/t14-,18-/m1/s1. The fraction of sp³-hybridized carbons (Fsp3) is 0.778. The van der Waals surface area contributed by atoms with E-state index in [4.69, 9.17) is 9.26 Å². The van der Waals surface area contributed by atoms with E-state index in [9.17, 15) is 4.79 Å². The van der Waals surface area contributed by atoms with Crippen LogP contribution in [0.25, 0.3) is 0 Å². The lowest BCUT2D eigenvalue weighted by molar-refractivity contribution is -0.159. The topological polar surface area (TPSA) is 67.6 Å². The van der Waals surface area contributed by atoms with E-state index in [0.29, 0.717) is 25.5 Å². The number of nitrogens with one attached hydrogen (secondary N) is 1. The Hall–Kier alpha value is -1.40. The van der Waals surface area contributed by atoms with E-state index < -0.39 is 5.41 Å². The zero-order chi connectivity index (χ0) is 17.0. The highest BCUT2D eigenvalue weighted by molar-refractivity contribution is 5.77. The van der Waals surface area contributed by atoms with Gasteiger partial charge in [-0.15, -0.1) is 0 Å². The lowest BCUT2D eigenvalue weighted by atomic mass is 9.76. The lowest BCUT2D eigenvalue weighted by Crippen LogP contribution is -2.48. The van der Waals surface area contributed by atoms with Gasteiger partial charge in [0.1, 0.15) is 5.76 Å². The molecule has 2 fully saturated rings. The molecule has 0 saturated carbocycles. The van der Waals surface area contributed by atoms with Crippen LogP contribution in [0.1, 0.15) is 50.0 Å². The summed E-state index contributed by atoms with van der Waals surface area (Å²) in [6.45, 7) is 6.06. The SMILES string of the molecule is CCOC(=O)[C@@]1(Cc2cc([C@@H]3CCCNC3)no2)CCCN(C)C1. The van der Waals surface area contributed by atoms with Crippen molar-refractivity contribution in [3.63, 3.8) is 0 Å². The fourth-order valence-electron chi connectivity index (χ4n) is 4.07. The molecule has 0 amide bonds. The maximum Gasteiger partial charge on any atom is 0.313 e. The average Bonchev–Trinajstić information content (AvgIpc) is 3.04. The fourth-order valence-corrected chi connectivity index (χ4v) is 4.07. The van der Waals surface area contributed by atoms with Crippen molar-refractivity contribution in [1.29, 1.82) is 0 Å². The number of rotatable bonds is 5. The summed E-state index contributed by atoms with van der Waals surface area (Å²) in [4.78, 5) is 14.9. The highest BCUT2D eigenvalue weighted by atomic mass is 16.5. The average molecular weight is 335 g/mol. The van der Waals surface area contributed by atoms with Crippen molar-refractivity contribution >= 4 is 5.97 Å². The van der Waals surface area contributed by atoms with Crippen LogP contribution in [0, 0.1) is 5.41 Å². The number of hydrogen-bond acceptors (Lipinski definition) is 6. The molecule has 0 aliphatic carbocycles. The van der Waals surface area contributed by atoms with Crippen LogP contribution in [-0.4, -0.2) is 55.9 Å². The van der Waals surface area contributed by atoms with Crippen LogP contribution >= 0.6 is 0 Å². The lowest BCUT2D eigenvalue weighted by Gasteiger charge is -2.38. The van der Waals surface area contributed by atoms with Gasteiger partial charge in [-0.1, -0.05) is 5.16 Å². The number of ether oxygens (including phenoxy) is 1. The van der Waals surface area contributed by atoms with E-state index in [-0.39, 0.29) is 5.97 Å². The zero-order valence-electron chi connectivity index (χ0n) is 14.8. The van der Waals surface area contributed by atoms with E-state index in [0.717, 1.165) is 50.4 Å². The maximum absolute atomic E-state index is 12.7. The van der Waals surface area contributed by atoms with Crippen LogP contribution in [0.15, 0.2) is 10.6 Å². The van der Waals surface area contributed by atoms with Crippen LogP contribution in [0.3, 0.4) is 0 Å². The summed E-state index contributed by atoms with van der Waals surface area (Å²) in [5.41, 5.74) is 0.505. The molecule has 1 aromatic rings. The van der Waals surface area contributed by atoms with Gasteiger partial charge in [0.05, 0.1) is 17.7 Å². The van der Waals surface area contributed by atoms with Gasteiger partial charge in [0.15, 0.2) is 0 Å². The maximum atomic E-state index is 12.7. The van der Waals surface area contributed by atoms with E-state index in [1.807, 2.05) is 13.0 Å². The summed E-state index contributed by atoms with van der Waals surface area (Å²) >= 11 is 0. The Labute approximate surface area is 143 Å². The molecule has 2 atom stereocenters. The molecule has 6 nitrogen and oxygen atoms in total. The Kier molecular flexibility index (Phi) is 5.56. The minimum Gasteiger partial charge on any atom is -0.466 e. The predicted octanol–water partition coefficient (Wildman–Crippen LogP) is 1.96. The van der Waals surface area contributed by atoms with Gasteiger partial charge in [0.2, 0.25) is 0 Å². The summed E-state index contributed by atoms with van der Waals surface area (Å²) in [5.74, 6) is 1.12. The van der Waals surface area contributed by atoms with Crippen LogP contribution < -0.4 is 5.32 Å². The number of aromatic nitrogens is 1. The Morgan fingerprint density at radius 1 is 1.54 bits per heavy atom. The van der Waals surface area contributed by atoms with Gasteiger partial charge in [-0.3, -0.25) is 4.79 Å². The van der Waals surface area contributed by atoms with Crippen molar-refractivity contribution in [2.45, 2.75) is 44.9 Å². The minimum absolute atomic E-state index is 0.103. The van der Waals surface area contributed by atoms with Crippen LogP contribution in [0.4, 0.5) is 0 Å². The Morgan fingerprint density at radius 3 is 3.12 bits per heavy atom. The summed E-state index contributed by atoms with van der Waals surface area (Å²) in [5, 5.41) is 7.69. The van der Waals surface area contributed by atoms with Crippen molar-refractivity contribution in [3.8, 4) is 0 Å². The van der Waals surface area contributed by atoms with Gasteiger partial charge in [-0.05, 0) is 52.7 Å². The number of likely N-dealkylation sites (tertiary alicyclic amines) is 1. The van der Waals surface area contributed by atoms with E-state index >= 15 is 0 Å². The Morgan fingerprint density at radius 2 is 2.42 bits per heavy atom. The first kappa shape index (κ1) is 17.4. The summed E-state index contributed by atoms with van der Waals surface area (Å²) < 4.78 is 11.0. The first-order valence-electron chi connectivity index (χ1n) is 9.15. The molecule has 24 heavy (non-hydrogen) atoms. The minimum atomic E-state index is -0.509. The first-order valence-corrected chi connectivity index (χ1v) is 9.15. The van der Waals surface area contributed by atoms with Gasteiger partial charge in [-0.25, -0.2) is 0 Å². The first-order chi connectivity index (χ1) is 11.6. The molecule has 0 unspecified atom stereocenters. The molecule has 134 valence electrons. The molecule has 0 bridgehead atoms. The van der Waals surface area contributed by atoms with E-state index in [1.54, 1.807) is 0 Å². The van der Waals surface area contributed by atoms with Gasteiger partial charge in [-0.2, -0.15) is 0 Å². The second-order valence-corrected chi connectivity index (χ2v) is 7.28. The molecule has 3 rings (SSSR count). The van der Waals surface area contributed by atoms with E-state index in [1.165, 1.54) is 6.42 Å². The quantitative estimate of drug-likeness (QED) is 0.830.